The van der Waals surface area contributed by atoms with E-state index in [4.69, 9.17) is 11.6 Å². The van der Waals surface area contributed by atoms with Crippen LogP contribution >= 0.6 is 11.6 Å². The Morgan fingerprint density at radius 3 is 2.85 bits per heavy atom. The highest BCUT2D eigenvalue weighted by Crippen LogP contribution is 2.19. The van der Waals surface area contributed by atoms with Gasteiger partial charge in [-0.05, 0) is 24.3 Å². The molecule has 3 nitrogen and oxygen atoms in total. The van der Waals surface area contributed by atoms with Gasteiger partial charge >= 0.3 is 0 Å². The Morgan fingerprint density at radius 2 is 2.10 bits per heavy atom. The second-order valence-electron chi connectivity index (χ2n) is 4.51. The summed E-state index contributed by atoms with van der Waals surface area (Å²) < 4.78 is 15.3. The number of benzene rings is 1. The molecule has 0 saturated carbocycles. The first-order valence-electron chi connectivity index (χ1n) is 6.38. The summed E-state index contributed by atoms with van der Waals surface area (Å²) in [6.07, 6.45) is 2.40. The van der Waals surface area contributed by atoms with Gasteiger partial charge in [-0.15, -0.1) is 11.6 Å². The molecule has 0 saturated heterocycles. The van der Waals surface area contributed by atoms with E-state index in [2.05, 4.69) is 9.97 Å². The van der Waals surface area contributed by atoms with Crippen LogP contribution in [0, 0.1) is 5.82 Å². The summed E-state index contributed by atoms with van der Waals surface area (Å²) in [5.41, 5.74) is 2.49. The monoisotopic (exact) mass is 289 g/mol. The lowest BCUT2D eigenvalue weighted by Crippen LogP contribution is -2.07. The van der Waals surface area contributed by atoms with Crippen molar-refractivity contribution in [2.45, 2.75) is 13.0 Å². The fourth-order valence-corrected chi connectivity index (χ4v) is 2.43. The SMILES string of the molecule is Fc1ccc2c(c1)nc(CCCl)n2Cc1ccccn1. The zero-order valence-electron chi connectivity index (χ0n) is 10.8. The summed E-state index contributed by atoms with van der Waals surface area (Å²) in [6.45, 7) is 0.606. The van der Waals surface area contributed by atoms with Crippen molar-refractivity contribution in [2.75, 3.05) is 5.88 Å². The molecule has 0 aliphatic rings. The summed E-state index contributed by atoms with van der Waals surface area (Å²) in [4.78, 5) is 8.79. The van der Waals surface area contributed by atoms with Crippen molar-refractivity contribution in [1.82, 2.24) is 14.5 Å². The third-order valence-corrected chi connectivity index (χ3v) is 3.34. The molecular weight excluding hydrogens is 277 g/mol. The maximum Gasteiger partial charge on any atom is 0.125 e. The van der Waals surface area contributed by atoms with Gasteiger partial charge in [0.25, 0.3) is 0 Å². The van der Waals surface area contributed by atoms with Gasteiger partial charge in [-0.25, -0.2) is 9.37 Å². The lowest BCUT2D eigenvalue weighted by Gasteiger charge is -2.07. The van der Waals surface area contributed by atoms with Crippen LogP contribution in [0.4, 0.5) is 4.39 Å². The summed E-state index contributed by atoms with van der Waals surface area (Å²) in [7, 11) is 0. The normalized spacial score (nSPS) is 11.1. The van der Waals surface area contributed by atoms with E-state index in [9.17, 15) is 4.39 Å². The highest BCUT2D eigenvalue weighted by atomic mass is 35.5. The van der Waals surface area contributed by atoms with E-state index >= 15 is 0 Å². The molecule has 0 fully saturated rings. The first kappa shape index (κ1) is 13.1. The van der Waals surface area contributed by atoms with Gasteiger partial charge in [-0.3, -0.25) is 4.98 Å². The first-order chi connectivity index (χ1) is 9.78. The minimum atomic E-state index is -0.280. The second kappa shape index (κ2) is 5.59. The maximum atomic E-state index is 13.3. The van der Waals surface area contributed by atoms with E-state index in [1.807, 2.05) is 22.8 Å². The first-order valence-corrected chi connectivity index (χ1v) is 6.92. The molecule has 102 valence electrons. The molecule has 5 heteroatoms. The Morgan fingerprint density at radius 1 is 1.20 bits per heavy atom. The number of halogens is 2. The Bertz CT molecular complexity index is 725. The molecule has 0 aliphatic carbocycles. The molecule has 0 spiro atoms. The Kier molecular flexibility index (Phi) is 3.65. The average molecular weight is 290 g/mol. The van der Waals surface area contributed by atoms with Crippen molar-refractivity contribution in [3.8, 4) is 0 Å². The topological polar surface area (TPSA) is 30.7 Å². The van der Waals surface area contributed by atoms with Crippen molar-refractivity contribution < 1.29 is 4.39 Å². The van der Waals surface area contributed by atoms with Crippen LogP contribution in [0.15, 0.2) is 42.6 Å². The van der Waals surface area contributed by atoms with Crippen molar-refractivity contribution >= 4 is 22.6 Å². The Labute approximate surface area is 121 Å². The van der Waals surface area contributed by atoms with Gasteiger partial charge < -0.3 is 4.57 Å². The van der Waals surface area contributed by atoms with Crippen LogP contribution in [-0.2, 0) is 13.0 Å². The van der Waals surface area contributed by atoms with Gasteiger partial charge in [0.1, 0.15) is 11.6 Å². The molecule has 0 radical (unpaired) electrons. The number of hydrogen-bond donors (Lipinski definition) is 0. The van der Waals surface area contributed by atoms with Gasteiger partial charge in [0.05, 0.1) is 23.3 Å². The highest BCUT2D eigenvalue weighted by molar-refractivity contribution is 6.17. The molecule has 0 N–H and O–H groups in total. The molecule has 0 bridgehead atoms. The van der Waals surface area contributed by atoms with E-state index in [-0.39, 0.29) is 5.82 Å². The molecule has 0 amide bonds. The van der Waals surface area contributed by atoms with E-state index in [0.29, 0.717) is 24.4 Å². The molecule has 1 aromatic carbocycles. The molecule has 2 aromatic heterocycles. The second-order valence-corrected chi connectivity index (χ2v) is 4.89. The standard InChI is InChI=1S/C15H13ClFN3/c16-7-6-15-19-13-9-11(17)4-5-14(13)20(15)10-12-3-1-2-8-18-12/h1-5,8-9H,6-7,10H2. The Hall–Kier alpha value is -1.94. The number of rotatable bonds is 4. The van der Waals surface area contributed by atoms with Gasteiger partial charge in [-0.2, -0.15) is 0 Å². The third-order valence-electron chi connectivity index (χ3n) is 3.15. The number of aromatic nitrogens is 3. The van der Waals surface area contributed by atoms with Crippen LogP contribution < -0.4 is 0 Å². The lowest BCUT2D eigenvalue weighted by molar-refractivity contribution is 0.629. The largest absolute Gasteiger partial charge is 0.322 e. The molecule has 0 unspecified atom stereocenters. The smallest absolute Gasteiger partial charge is 0.125 e. The average Bonchev–Trinajstić information content (AvgIpc) is 2.77. The van der Waals surface area contributed by atoms with Gasteiger partial charge in [-0.1, -0.05) is 6.07 Å². The fraction of sp³-hybridized carbons (Fsp3) is 0.200. The van der Waals surface area contributed by atoms with Crippen LogP contribution in [0.1, 0.15) is 11.5 Å². The zero-order chi connectivity index (χ0) is 13.9. The molecule has 0 aliphatic heterocycles. The lowest BCUT2D eigenvalue weighted by atomic mass is 10.3. The van der Waals surface area contributed by atoms with Crippen LogP contribution in [-0.4, -0.2) is 20.4 Å². The molecule has 20 heavy (non-hydrogen) atoms. The van der Waals surface area contributed by atoms with Crippen LogP contribution in [0.25, 0.3) is 11.0 Å². The summed E-state index contributed by atoms with van der Waals surface area (Å²) in [5, 5.41) is 0. The van der Waals surface area contributed by atoms with Crippen molar-refractivity contribution in [3.63, 3.8) is 0 Å². The quantitative estimate of drug-likeness (QED) is 0.689. The third kappa shape index (κ3) is 2.51. The van der Waals surface area contributed by atoms with E-state index in [1.54, 1.807) is 12.3 Å². The number of fused-ring (bicyclic) bond motifs is 1. The molecule has 3 rings (SSSR count). The number of imidazole rings is 1. The summed E-state index contributed by atoms with van der Waals surface area (Å²) in [5.74, 6) is 1.05. The summed E-state index contributed by atoms with van der Waals surface area (Å²) in [6, 6.07) is 10.4. The highest BCUT2D eigenvalue weighted by Gasteiger charge is 2.11. The van der Waals surface area contributed by atoms with Gasteiger partial charge in [0.15, 0.2) is 0 Å². The molecular formula is C15H13ClFN3. The van der Waals surface area contributed by atoms with Crippen molar-refractivity contribution in [2.24, 2.45) is 0 Å². The number of pyridine rings is 1. The van der Waals surface area contributed by atoms with Crippen LogP contribution in [0.3, 0.4) is 0 Å². The maximum absolute atomic E-state index is 13.3. The predicted molar refractivity (Wildman–Crippen MR) is 77.5 cm³/mol. The number of alkyl halides is 1. The van der Waals surface area contributed by atoms with E-state index in [0.717, 1.165) is 17.0 Å². The fourth-order valence-electron chi connectivity index (χ4n) is 2.26. The number of hydrogen-bond acceptors (Lipinski definition) is 2. The van der Waals surface area contributed by atoms with Gasteiger partial charge in [0.2, 0.25) is 0 Å². The van der Waals surface area contributed by atoms with Gasteiger partial charge in [0, 0.05) is 24.6 Å². The van der Waals surface area contributed by atoms with E-state index in [1.165, 1.54) is 12.1 Å². The molecule has 0 atom stereocenters. The number of nitrogens with zero attached hydrogens (tertiary/aromatic N) is 3. The summed E-state index contributed by atoms with van der Waals surface area (Å²) >= 11 is 5.83. The Balaban J connectivity index is 2.09. The van der Waals surface area contributed by atoms with Crippen molar-refractivity contribution in [1.29, 1.82) is 0 Å². The predicted octanol–water partition coefficient (Wildman–Crippen LogP) is 3.40. The van der Waals surface area contributed by atoms with Crippen molar-refractivity contribution in [3.05, 3.63) is 59.9 Å². The zero-order valence-corrected chi connectivity index (χ0v) is 11.5. The van der Waals surface area contributed by atoms with Crippen LogP contribution in [0.2, 0.25) is 0 Å². The van der Waals surface area contributed by atoms with Crippen LogP contribution in [0.5, 0.6) is 0 Å². The number of aryl methyl sites for hydroxylation is 1. The van der Waals surface area contributed by atoms with E-state index < -0.39 is 0 Å². The molecule has 3 aromatic rings. The molecule has 2 heterocycles. The minimum Gasteiger partial charge on any atom is -0.322 e. The minimum absolute atomic E-state index is 0.280.